The second kappa shape index (κ2) is 9.29. The molecule has 7 heteroatoms. The lowest BCUT2D eigenvalue weighted by atomic mass is 10.1. The number of carbonyl (C=O) groups is 2. The van der Waals surface area contributed by atoms with E-state index in [1.807, 2.05) is 17.0 Å². The molecule has 2 amide bonds. The number of hydrogen-bond donors (Lipinski definition) is 1. The number of hydrogen-bond acceptors (Lipinski definition) is 5. The van der Waals surface area contributed by atoms with Crippen LogP contribution in [-0.4, -0.2) is 50.1 Å². The zero-order chi connectivity index (χ0) is 21.8. The molecule has 0 spiro atoms. The van der Waals surface area contributed by atoms with Crippen LogP contribution in [0.15, 0.2) is 42.5 Å². The van der Waals surface area contributed by atoms with Gasteiger partial charge in [-0.1, -0.05) is 12.1 Å². The van der Waals surface area contributed by atoms with Crippen molar-refractivity contribution < 1.29 is 23.8 Å². The maximum Gasteiger partial charge on any atom is 0.262 e. The van der Waals surface area contributed by atoms with Crippen LogP contribution < -0.4 is 19.5 Å². The molecule has 0 atom stereocenters. The number of amides is 2. The highest BCUT2D eigenvalue weighted by molar-refractivity contribution is 5.95. The largest absolute Gasteiger partial charge is 0.495 e. The predicted octanol–water partition coefficient (Wildman–Crippen LogP) is 3.74. The minimum Gasteiger partial charge on any atom is -0.495 e. The van der Waals surface area contributed by atoms with Crippen molar-refractivity contribution in [1.29, 1.82) is 0 Å². The first kappa shape index (κ1) is 21.0. The molecular formula is C24H28N2O5. The Hall–Kier alpha value is -3.22. The Bertz CT molecular complexity index is 953. The Labute approximate surface area is 182 Å². The van der Waals surface area contributed by atoms with Crippen molar-refractivity contribution in [2.75, 3.05) is 32.7 Å². The first-order chi connectivity index (χ1) is 15.1. The van der Waals surface area contributed by atoms with Gasteiger partial charge in [0, 0.05) is 18.2 Å². The van der Waals surface area contributed by atoms with E-state index in [9.17, 15) is 9.59 Å². The molecule has 0 unspecified atom stereocenters. The number of ether oxygens (including phenoxy) is 3. The molecular weight excluding hydrogens is 396 g/mol. The number of nitrogens with zero attached hydrogens (tertiary/aromatic N) is 1. The van der Waals surface area contributed by atoms with Gasteiger partial charge < -0.3 is 24.4 Å². The predicted molar refractivity (Wildman–Crippen MR) is 117 cm³/mol. The molecule has 2 fully saturated rings. The van der Waals surface area contributed by atoms with Crippen molar-refractivity contribution in [3.8, 4) is 17.2 Å². The van der Waals surface area contributed by atoms with Gasteiger partial charge in [0.25, 0.3) is 11.8 Å². The molecule has 0 bridgehead atoms. The van der Waals surface area contributed by atoms with E-state index in [4.69, 9.17) is 14.2 Å². The summed E-state index contributed by atoms with van der Waals surface area (Å²) >= 11 is 0. The van der Waals surface area contributed by atoms with Gasteiger partial charge in [-0.15, -0.1) is 0 Å². The smallest absolute Gasteiger partial charge is 0.262 e. The van der Waals surface area contributed by atoms with Crippen LogP contribution in [0.2, 0.25) is 0 Å². The van der Waals surface area contributed by atoms with Crippen LogP contribution in [0.5, 0.6) is 17.2 Å². The van der Waals surface area contributed by atoms with Gasteiger partial charge in [0.05, 0.1) is 19.9 Å². The minimum absolute atomic E-state index is 0.0353. The molecule has 2 aliphatic rings. The lowest BCUT2D eigenvalue weighted by Gasteiger charge is -2.23. The van der Waals surface area contributed by atoms with Crippen LogP contribution in [0.25, 0.3) is 0 Å². The van der Waals surface area contributed by atoms with E-state index >= 15 is 0 Å². The van der Waals surface area contributed by atoms with Crippen LogP contribution in [-0.2, 0) is 4.79 Å². The summed E-state index contributed by atoms with van der Waals surface area (Å²) in [4.78, 5) is 27.4. The molecule has 2 aromatic carbocycles. The summed E-state index contributed by atoms with van der Waals surface area (Å²) in [7, 11) is 3.07. The minimum atomic E-state index is -0.323. The average Bonchev–Trinajstić information content (AvgIpc) is 3.70. The van der Waals surface area contributed by atoms with E-state index in [0.29, 0.717) is 40.5 Å². The molecule has 2 saturated carbocycles. The van der Waals surface area contributed by atoms with Crippen molar-refractivity contribution >= 4 is 17.5 Å². The van der Waals surface area contributed by atoms with Crippen LogP contribution in [0.1, 0.15) is 36.0 Å². The van der Waals surface area contributed by atoms with E-state index in [0.717, 1.165) is 19.4 Å². The van der Waals surface area contributed by atoms with Gasteiger partial charge in [0.15, 0.2) is 18.1 Å². The van der Waals surface area contributed by atoms with Crippen molar-refractivity contribution in [2.45, 2.75) is 31.7 Å². The number of methoxy groups -OCH3 is 2. The third-order valence-corrected chi connectivity index (χ3v) is 5.55. The fourth-order valence-corrected chi connectivity index (χ4v) is 3.53. The van der Waals surface area contributed by atoms with Crippen LogP contribution in [0.3, 0.4) is 0 Å². The highest BCUT2D eigenvalue weighted by Crippen LogP contribution is 2.36. The summed E-state index contributed by atoms with van der Waals surface area (Å²) < 4.78 is 16.3. The molecule has 0 saturated heterocycles. The first-order valence-electron chi connectivity index (χ1n) is 10.6. The summed E-state index contributed by atoms with van der Waals surface area (Å²) in [5.74, 6) is 1.77. The topological polar surface area (TPSA) is 77.1 Å². The van der Waals surface area contributed by atoms with Crippen molar-refractivity contribution in [3.63, 3.8) is 0 Å². The van der Waals surface area contributed by atoms with E-state index in [-0.39, 0.29) is 18.4 Å². The van der Waals surface area contributed by atoms with E-state index in [1.54, 1.807) is 37.4 Å². The number of anilines is 1. The zero-order valence-electron chi connectivity index (χ0n) is 17.9. The molecule has 0 aliphatic heterocycles. The monoisotopic (exact) mass is 424 g/mol. The maximum absolute atomic E-state index is 13.1. The first-order valence-corrected chi connectivity index (χ1v) is 10.6. The van der Waals surface area contributed by atoms with Crippen LogP contribution in [0, 0.1) is 5.92 Å². The average molecular weight is 424 g/mol. The second-order valence-electron chi connectivity index (χ2n) is 8.03. The number of carbonyl (C=O) groups excluding carboxylic acids is 2. The van der Waals surface area contributed by atoms with Crippen molar-refractivity contribution in [3.05, 3.63) is 48.0 Å². The summed E-state index contributed by atoms with van der Waals surface area (Å²) in [6, 6.07) is 12.6. The Morgan fingerprint density at radius 1 is 0.968 bits per heavy atom. The number of benzene rings is 2. The van der Waals surface area contributed by atoms with Crippen LogP contribution >= 0.6 is 0 Å². The third kappa shape index (κ3) is 5.29. The molecule has 7 nitrogen and oxygen atoms in total. The summed E-state index contributed by atoms with van der Waals surface area (Å²) in [6.07, 6.45) is 4.59. The van der Waals surface area contributed by atoms with Gasteiger partial charge in [0.1, 0.15) is 5.75 Å². The fraction of sp³-hybridized carbons (Fsp3) is 0.417. The summed E-state index contributed by atoms with van der Waals surface area (Å²) in [6.45, 7) is 0.644. The van der Waals surface area contributed by atoms with E-state index in [2.05, 4.69) is 5.32 Å². The van der Waals surface area contributed by atoms with Gasteiger partial charge in [-0.3, -0.25) is 9.59 Å². The Morgan fingerprint density at radius 3 is 2.39 bits per heavy atom. The molecule has 4 rings (SSSR count). The Balaban J connectivity index is 1.39. The molecule has 1 N–H and O–H groups in total. The standard InChI is InChI=1S/C24H28N2O5/c1-29-20-6-4-3-5-19(20)25-23(27)15-31-21-12-9-17(13-22(21)30-2)24(28)26(18-10-11-18)14-16-7-8-16/h3-6,9,12-13,16,18H,7-8,10-11,14-15H2,1-2H3,(H,25,27). The number of nitrogens with one attached hydrogen (secondary N) is 1. The molecule has 2 aliphatic carbocycles. The zero-order valence-corrected chi connectivity index (χ0v) is 17.9. The lowest BCUT2D eigenvalue weighted by Crippen LogP contribution is -2.34. The van der Waals surface area contributed by atoms with Gasteiger partial charge in [-0.05, 0) is 61.9 Å². The van der Waals surface area contributed by atoms with Gasteiger partial charge in [-0.25, -0.2) is 0 Å². The maximum atomic E-state index is 13.1. The fourth-order valence-electron chi connectivity index (χ4n) is 3.53. The third-order valence-electron chi connectivity index (χ3n) is 5.55. The molecule has 0 radical (unpaired) electrons. The van der Waals surface area contributed by atoms with Gasteiger partial charge in [0.2, 0.25) is 0 Å². The van der Waals surface area contributed by atoms with E-state index < -0.39 is 0 Å². The van der Waals surface area contributed by atoms with Gasteiger partial charge in [-0.2, -0.15) is 0 Å². The van der Waals surface area contributed by atoms with Gasteiger partial charge >= 0.3 is 0 Å². The summed E-state index contributed by atoms with van der Waals surface area (Å²) in [5, 5.41) is 2.77. The van der Waals surface area contributed by atoms with E-state index in [1.165, 1.54) is 20.0 Å². The second-order valence-corrected chi connectivity index (χ2v) is 8.03. The SMILES string of the molecule is COc1ccccc1NC(=O)COc1ccc(C(=O)N(CC2CC2)C2CC2)cc1OC. The normalized spacial score (nSPS) is 15.2. The lowest BCUT2D eigenvalue weighted by molar-refractivity contribution is -0.118. The van der Waals surface area contributed by atoms with Crippen LogP contribution in [0.4, 0.5) is 5.69 Å². The molecule has 0 aromatic heterocycles. The molecule has 31 heavy (non-hydrogen) atoms. The molecule has 0 heterocycles. The van der Waals surface area contributed by atoms with Crippen molar-refractivity contribution in [1.82, 2.24) is 4.90 Å². The molecule has 164 valence electrons. The number of rotatable bonds is 10. The Morgan fingerprint density at radius 2 is 1.71 bits per heavy atom. The Kier molecular flexibility index (Phi) is 6.30. The highest BCUT2D eigenvalue weighted by Gasteiger charge is 2.37. The quantitative estimate of drug-likeness (QED) is 0.629. The highest BCUT2D eigenvalue weighted by atomic mass is 16.5. The summed E-state index contributed by atoms with van der Waals surface area (Å²) in [5.41, 5.74) is 1.15. The number of para-hydroxylation sites is 2. The molecule has 2 aromatic rings. The van der Waals surface area contributed by atoms with Crippen molar-refractivity contribution in [2.24, 2.45) is 5.92 Å².